The molecule has 2 rings (SSSR count). The third-order valence-corrected chi connectivity index (χ3v) is 4.06. The molecule has 20 heavy (non-hydrogen) atoms. The monoisotopic (exact) mass is 288 g/mol. The normalized spacial score (nSPS) is 20.6. The zero-order valence-electron chi connectivity index (χ0n) is 10.7. The van der Waals surface area contributed by atoms with Gasteiger partial charge < -0.3 is 5.73 Å². The third kappa shape index (κ3) is 2.63. The van der Waals surface area contributed by atoms with E-state index < -0.39 is 34.9 Å². The van der Waals surface area contributed by atoms with Crippen molar-refractivity contribution in [2.24, 2.45) is 5.73 Å². The lowest BCUT2D eigenvalue weighted by atomic mass is 9.68. The minimum atomic E-state index is -2.78. The van der Waals surface area contributed by atoms with E-state index in [9.17, 15) is 23.3 Å². The Morgan fingerprint density at radius 3 is 2.35 bits per heavy atom. The lowest BCUT2D eigenvalue weighted by Crippen LogP contribution is -2.42. The summed E-state index contributed by atoms with van der Waals surface area (Å²) in [5.74, 6) is -3.41. The van der Waals surface area contributed by atoms with Crippen LogP contribution in [0.3, 0.4) is 0 Å². The predicted molar refractivity (Wildman–Crippen MR) is 67.2 cm³/mol. The second-order valence-corrected chi connectivity index (χ2v) is 5.26. The molecule has 0 amide bonds. The van der Waals surface area contributed by atoms with Gasteiger partial charge in [-0.25, -0.2) is 13.2 Å². The van der Waals surface area contributed by atoms with Crippen molar-refractivity contribution in [3.63, 3.8) is 0 Å². The van der Waals surface area contributed by atoms with Crippen LogP contribution in [0.5, 0.6) is 0 Å². The standard InChI is InChI=1S/C13H15F3N2O2/c14-9-1-2-11(18(19)20)10(7-9)12(8-17)3-5-13(15,16)6-4-12/h1-2,7H,3-6,8,17H2. The molecular formula is C13H15F3N2O2. The van der Waals surface area contributed by atoms with Crippen LogP contribution in [0, 0.1) is 15.9 Å². The Hall–Kier alpha value is -1.63. The van der Waals surface area contributed by atoms with Crippen LogP contribution in [-0.2, 0) is 5.41 Å². The van der Waals surface area contributed by atoms with Gasteiger partial charge in [0.05, 0.1) is 4.92 Å². The van der Waals surface area contributed by atoms with E-state index in [1.165, 1.54) is 0 Å². The summed E-state index contributed by atoms with van der Waals surface area (Å²) in [6.07, 6.45) is -0.753. The van der Waals surface area contributed by atoms with Gasteiger partial charge in [0.2, 0.25) is 5.92 Å². The van der Waals surface area contributed by atoms with Gasteiger partial charge in [-0.15, -0.1) is 0 Å². The van der Waals surface area contributed by atoms with Gasteiger partial charge >= 0.3 is 0 Å². The number of nitrogens with zero attached hydrogens (tertiary/aromatic N) is 1. The molecule has 4 nitrogen and oxygen atoms in total. The fourth-order valence-electron chi connectivity index (χ4n) is 2.77. The van der Waals surface area contributed by atoms with Gasteiger partial charge in [-0.1, -0.05) is 0 Å². The van der Waals surface area contributed by atoms with Gasteiger partial charge in [0, 0.05) is 36.4 Å². The first-order valence-corrected chi connectivity index (χ1v) is 6.32. The Morgan fingerprint density at radius 2 is 1.85 bits per heavy atom. The van der Waals surface area contributed by atoms with E-state index >= 15 is 0 Å². The lowest BCUT2D eigenvalue weighted by molar-refractivity contribution is -0.386. The number of nitro groups is 1. The SMILES string of the molecule is NCC1(c2cc(F)ccc2[N+](=O)[O-])CCC(F)(F)CC1. The Bertz CT molecular complexity index is 524. The summed E-state index contributed by atoms with van der Waals surface area (Å²) < 4.78 is 40.0. The van der Waals surface area contributed by atoms with Crippen molar-refractivity contribution >= 4 is 5.69 Å². The van der Waals surface area contributed by atoms with Gasteiger partial charge in [0.15, 0.2) is 0 Å². The van der Waals surface area contributed by atoms with E-state index in [4.69, 9.17) is 5.73 Å². The second kappa shape index (κ2) is 5.05. The van der Waals surface area contributed by atoms with Crippen molar-refractivity contribution < 1.29 is 18.1 Å². The average Bonchev–Trinajstić information content (AvgIpc) is 2.39. The molecule has 0 heterocycles. The van der Waals surface area contributed by atoms with Gasteiger partial charge in [-0.2, -0.15) is 0 Å². The first-order chi connectivity index (χ1) is 9.30. The largest absolute Gasteiger partial charge is 0.330 e. The van der Waals surface area contributed by atoms with E-state index in [1.807, 2.05) is 0 Å². The van der Waals surface area contributed by atoms with Crippen LogP contribution in [0.4, 0.5) is 18.9 Å². The number of rotatable bonds is 3. The van der Waals surface area contributed by atoms with Crippen molar-refractivity contribution in [2.45, 2.75) is 37.0 Å². The minimum Gasteiger partial charge on any atom is -0.330 e. The summed E-state index contributed by atoms with van der Waals surface area (Å²) in [6.45, 7) is -0.0205. The summed E-state index contributed by atoms with van der Waals surface area (Å²) >= 11 is 0. The average molecular weight is 288 g/mol. The number of benzene rings is 1. The van der Waals surface area contributed by atoms with Crippen LogP contribution in [0.15, 0.2) is 18.2 Å². The predicted octanol–water partition coefficient (Wildman–Crippen LogP) is 3.14. The molecule has 0 radical (unpaired) electrons. The topological polar surface area (TPSA) is 69.2 Å². The van der Waals surface area contributed by atoms with E-state index in [2.05, 4.69) is 0 Å². The molecule has 1 aliphatic carbocycles. The summed E-state index contributed by atoms with van der Waals surface area (Å²) in [5, 5.41) is 11.1. The van der Waals surface area contributed by atoms with Crippen molar-refractivity contribution in [3.05, 3.63) is 39.7 Å². The molecule has 0 spiro atoms. The lowest BCUT2D eigenvalue weighted by Gasteiger charge is -2.39. The summed E-state index contributed by atoms with van der Waals surface area (Å²) in [5.41, 5.74) is 4.60. The molecule has 0 aromatic heterocycles. The highest BCUT2D eigenvalue weighted by atomic mass is 19.3. The molecule has 7 heteroatoms. The quantitative estimate of drug-likeness (QED) is 0.686. The van der Waals surface area contributed by atoms with Crippen LogP contribution < -0.4 is 5.73 Å². The first kappa shape index (κ1) is 14.8. The van der Waals surface area contributed by atoms with Gasteiger partial charge in [-0.05, 0) is 25.0 Å². The maximum atomic E-state index is 13.4. The van der Waals surface area contributed by atoms with Crippen molar-refractivity contribution in [1.29, 1.82) is 0 Å². The van der Waals surface area contributed by atoms with Crippen LogP contribution >= 0.6 is 0 Å². The molecule has 1 aromatic carbocycles. The maximum Gasteiger partial charge on any atom is 0.273 e. The van der Waals surface area contributed by atoms with Crippen molar-refractivity contribution in [2.75, 3.05) is 6.54 Å². The molecule has 0 saturated heterocycles. The Labute approximate surface area is 113 Å². The molecule has 0 atom stereocenters. The van der Waals surface area contributed by atoms with E-state index in [0.29, 0.717) is 0 Å². The number of halogens is 3. The van der Waals surface area contributed by atoms with Gasteiger partial charge in [0.25, 0.3) is 5.69 Å². The number of alkyl halides is 2. The number of hydrogen-bond donors (Lipinski definition) is 1. The highest BCUT2D eigenvalue weighted by molar-refractivity contribution is 5.46. The molecule has 2 N–H and O–H groups in total. The Balaban J connectivity index is 2.47. The molecule has 1 saturated carbocycles. The molecule has 110 valence electrons. The molecule has 0 bridgehead atoms. The van der Waals surface area contributed by atoms with E-state index in [0.717, 1.165) is 18.2 Å². The zero-order chi connectivity index (χ0) is 15.0. The van der Waals surface area contributed by atoms with Crippen molar-refractivity contribution in [3.8, 4) is 0 Å². The van der Waals surface area contributed by atoms with Crippen molar-refractivity contribution in [1.82, 2.24) is 0 Å². The maximum absolute atomic E-state index is 13.4. The molecule has 1 aromatic rings. The van der Waals surface area contributed by atoms with Crippen LogP contribution in [0.2, 0.25) is 0 Å². The van der Waals surface area contributed by atoms with Crippen LogP contribution in [0.1, 0.15) is 31.2 Å². The molecule has 1 fully saturated rings. The summed E-state index contributed by atoms with van der Waals surface area (Å²) in [7, 11) is 0. The fourth-order valence-corrected chi connectivity index (χ4v) is 2.77. The summed E-state index contributed by atoms with van der Waals surface area (Å²) in [6, 6.07) is 3.10. The number of nitrogens with two attached hydrogens (primary N) is 1. The second-order valence-electron chi connectivity index (χ2n) is 5.26. The molecule has 0 aliphatic heterocycles. The molecule has 0 unspecified atom stereocenters. The zero-order valence-corrected chi connectivity index (χ0v) is 10.7. The van der Waals surface area contributed by atoms with Gasteiger partial charge in [0.1, 0.15) is 5.82 Å². The van der Waals surface area contributed by atoms with E-state index in [1.54, 1.807) is 0 Å². The van der Waals surface area contributed by atoms with Crippen LogP contribution in [0.25, 0.3) is 0 Å². The number of hydrogen-bond acceptors (Lipinski definition) is 3. The van der Waals surface area contributed by atoms with Gasteiger partial charge in [-0.3, -0.25) is 10.1 Å². The highest BCUT2D eigenvalue weighted by Gasteiger charge is 2.46. The van der Waals surface area contributed by atoms with Crippen LogP contribution in [-0.4, -0.2) is 17.4 Å². The number of nitro benzene ring substituents is 1. The highest BCUT2D eigenvalue weighted by Crippen LogP contribution is 2.47. The smallest absolute Gasteiger partial charge is 0.273 e. The summed E-state index contributed by atoms with van der Waals surface area (Å²) in [4.78, 5) is 10.4. The molecule has 1 aliphatic rings. The molecular weight excluding hydrogens is 273 g/mol. The third-order valence-electron chi connectivity index (χ3n) is 4.06. The first-order valence-electron chi connectivity index (χ1n) is 6.32. The Kier molecular flexibility index (Phi) is 3.73. The minimum absolute atomic E-state index is 0.0147. The Morgan fingerprint density at radius 1 is 1.25 bits per heavy atom. The fraction of sp³-hybridized carbons (Fsp3) is 0.538. The van der Waals surface area contributed by atoms with E-state index in [-0.39, 0.29) is 30.6 Å².